The van der Waals surface area contributed by atoms with Crippen molar-refractivity contribution in [3.05, 3.63) is 29.8 Å². The second-order valence-corrected chi connectivity index (χ2v) is 4.55. The van der Waals surface area contributed by atoms with Crippen molar-refractivity contribution in [2.75, 3.05) is 7.11 Å². The summed E-state index contributed by atoms with van der Waals surface area (Å²) >= 11 is 0. The summed E-state index contributed by atoms with van der Waals surface area (Å²) in [5, 5.41) is 0. The van der Waals surface area contributed by atoms with Crippen molar-refractivity contribution in [3.63, 3.8) is 0 Å². The van der Waals surface area contributed by atoms with Crippen LogP contribution < -0.4 is 4.74 Å². The van der Waals surface area contributed by atoms with Crippen LogP contribution in [0, 0.1) is 5.41 Å². The molecular formula is C12H14F2O. The lowest BCUT2D eigenvalue weighted by Crippen LogP contribution is -1.99. The number of alkyl halides is 2. The number of rotatable bonds is 2. The van der Waals surface area contributed by atoms with E-state index >= 15 is 0 Å². The zero-order chi connectivity index (χ0) is 11.3. The molecule has 1 atom stereocenters. The van der Waals surface area contributed by atoms with Crippen molar-refractivity contribution in [2.24, 2.45) is 5.41 Å². The maximum absolute atomic E-state index is 13.4. The van der Waals surface area contributed by atoms with Gasteiger partial charge in [-0.3, -0.25) is 0 Å². The average molecular weight is 212 g/mol. The Hall–Kier alpha value is -1.12. The molecule has 0 heterocycles. The molecule has 1 fully saturated rings. The van der Waals surface area contributed by atoms with E-state index in [0.29, 0.717) is 11.3 Å². The molecule has 0 amide bonds. The monoisotopic (exact) mass is 212 g/mol. The van der Waals surface area contributed by atoms with E-state index in [9.17, 15) is 8.78 Å². The van der Waals surface area contributed by atoms with Crippen LogP contribution in [0.15, 0.2) is 24.3 Å². The quantitative estimate of drug-likeness (QED) is 0.729. The van der Waals surface area contributed by atoms with Crippen molar-refractivity contribution >= 4 is 0 Å². The minimum atomic E-state index is -2.58. The molecule has 2 rings (SSSR count). The van der Waals surface area contributed by atoms with Crippen molar-refractivity contribution in [1.29, 1.82) is 0 Å². The minimum Gasteiger partial charge on any atom is -0.497 e. The van der Waals surface area contributed by atoms with Crippen LogP contribution in [-0.4, -0.2) is 13.0 Å². The summed E-state index contributed by atoms with van der Waals surface area (Å²) in [5.74, 6) is -2.54. The van der Waals surface area contributed by atoms with Gasteiger partial charge in [-0.25, -0.2) is 8.78 Å². The summed E-state index contributed by atoms with van der Waals surface area (Å²) in [6.45, 7) is 3.20. The lowest BCUT2D eigenvalue weighted by atomic mass is 10.0. The van der Waals surface area contributed by atoms with E-state index in [1.807, 2.05) is 0 Å². The van der Waals surface area contributed by atoms with Gasteiger partial charge in [0.1, 0.15) is 5.75 Å². The van der Waals surface area contributed by atoms with Gasteiger partial charge in [0.25, 0.3) is 5.92 Å². The van der Waals surface area contributed by atoms with Crippen molar-refractivity contribution in [1.82, 2.24) is 0 Å². The Morgan fingerprint density at radius 2 is 1.60 bits per heavy atom. The zero-order valence-electron chi connectivity index (χ0n) is 9.05. The van der Waals surface area contributed by atoms with Gasteiger partial charge in [-0.1, -0.05) is 26.0 Å². The van der Waals surface area contributed by atoms with Crippen LogP contribution in [0.1, 0.15) is 25.3 Å². The Bertz CT molecular complexity index is 354. The van der Waals surface area contributed by atoms with Crippen molar-refractivity contribution in [3.8, 4) is 5.75 Å². The predicted octanol–water partition coefficient (Wildman–Crippen LogP) is 3.45. The first-order valence-electron chi connectivity index (χ1n) is 4.93. The number of halogens is 2. The fraction of sp³-hybridized carbons (Fsp3) is 0.500. The third-order valence-electron chi connectivity index (χ3n) is 3.31. The number of methoxy groups -OCH3 is 1. The first-order valence-corrected chi connectivity index (χ1v) is 4.93. The maximum atomic E-state index is 13.4. The average Bonchev–Trinajstić information content (AvgIpc) is 2.58. The van der Waals surface area contributed by atoms with Gasteiger partial charge in [-0.2, -0.15) is 0 Å². The van der Waals surface area contributed by atoms with Crippen LogP contribution in [0.25, 0.3) is 0 Å². The van der Waals surface area contributed by atoms with Crippen LogP contribution in [-0.2, 0) is 0 Å². The van der Waals surface area contributed by atoms with Crippen LogP contribution in [0.2, 0.25) is 0 Å². The molecule has 0 radical (unpaired) electrons. The molecule has 1 aromatic carbocycles. The van der Waals surface area contributed by atoms with E-state index in [1.54, 1.807) is 45.2 Å². The number of hydrogen-bond donors (Lipinski definition) is 0. The van der Waals surface area contributed by atoms with Crippen LogP contribution >= 0.6 is 0 Å². The fourth-order valence-corrected chi connectivity index (χ4v) is 2.08. The van der Waals surface area contributed by atoms with Gasteiger partial charge in [0.05, 0.1) is 13.0 Å². The maximum Gasteiger partial charge on any atom is 0.261 e. The molecule has 0 aliphatic heterocycles. The summed E-state index contributed by atoms with van der Waals surface area (Å²) in [4.78, 5) is 0. The first kappa shape index (κ1) is 10.4. The molecule has 1 unspecified atom stereocenters. The van der Waals surface area contributed by atoms with E-state index in [1.165, 1.54) is 0 Å². The summed E-state index contributed by atoms with van der Waals surface area (Å²) in [5.41, 5.74) is -0.229. The Labute approximate surface area is 88.1 Å². The van der Waals surface area contributed by atoms with Gasteiger partial charge in [-0.15, -0.1) is 0 Å². The molecule has 0 saturated heterocycles. The van der Waals surface area contributed by atoms with Gasteiger partial charge in [-0.05, 0) is 17.7 Å². The van der Waals surface area contributed by atoms with Gasteiger partial charge < -0.3 is 4.74 Å². The number of benzene rings is 1. The van der Waals surface area contributed by atoms with Crippen LogP contribution in [0.4, 0.5) is 8.78 Å². The Balaban J connectivity index is 2.26. The first-order chi connectivity index (χ1) is 6.91. The van der Waals surface area contributed by atoms with Crippen LogP contribution in [0.5, 0.6) is 5.75 Å². The summed E-state index contributed by atoms with van der Waals surface area (Å²) < 4.78 is 31.8. The molecule has 0 N–H and O–H groups in total. The van der Waals surface area contributed by atoms with Crippen molar-refractivity contribution < 1.29 is 13.5 Å². The lowest BCUT2D eigenvalue weighted by molar-refractivity contribution is 0.0726. The molecule has 0 spiro atoms. The number of hydrogen-bond acceptors (Lipinski definition) is 1. The van der Waals surface area contributed by atoms with Gasteiger partial charge in [0.2, 0.25) is 0 Å². The molecule has 0 bridgehead atoms. The normalized spacial score (nSPS) is 26.1. The van der Waals surface area contributed by atoms with E-state index in [-0.39, 0.29) is 0 Å². The Morgan fingerprint density at radius 3 is 1.93 bits per heavy atom. The van der Waals surface area contributed by atoms with Gasteiger partial charge in [0, 0.05) is 5.41 Å². The van der Waals surface area contributed by atoms with E-state index < -0.39 is 17.3 Å². The van der Waals surface area contributed by atoms with E-state index in [0.717, 1.165) is 0 Å². The number of ether oxygens (including phenoxy) is 1. The van der Waals surface area contributed by atoms with Gasteiger partial charge >= 0.3 is 0 Å². The molecule has 1 aromatic rings. The smallest absolute Gasteiger partial charge is 0.261 e. The lowest BCUT2D eigenvalue weighted by Gasteiger charge is -2.02. The second kappa shape index (κ2) is 2.94. The van der Waals surface area contributed by atoms with Crippen molar-refractivity contribution in [2.45, 2.75) is 25.7 Å². The molecule has 3 heteroatoms. The fourth-order valence-electron chi connectivity index (χ4n) is 2.08. The Morgan fingerprint density at radius 1 is 1.13 bits per heavy atom. The molecule has 1 aliphatic carbocycles. The molecule has 1 saturated carbocycles. The zero-order valence-corrected chi connectivity index (χ0v) is 9.05. The highest BCUT2D eigenvalue weighted by molar-refractivity contribution is 5.38. The minimum absolute atomic E-state index is 0.657. The van der Waals surface area contributed by atoms with E-state index in [2.05, 4.69) is 0 Å². The largest absolute Gasteiger partial charge is 0.497 e. The topological polar surface area (TPSA) is 9.23 Å². The highest BCUT2D eigenvalue weighted by atomic mass is 19.3. The third-order valence-corrected chi connectivity index (χ3v) is 3.31. The standard InChI is InChI=1S/C12H14F2O/c1-11(2)10(12(11,13)14)8-4-6-9(15-3)7-5-8/h4-7,10H,1-3H3. The highest BCUT2D eigenvalue weighted by Crippen LogP contribution is 2.70. The molecule has 1 aliphatic rings. The molecular weight excluding hydrogens is 198 g/mol. The summed E-state index contributed by atoms with van der Waals surface area (Å²) in [6, 6.07) is 6.87. The molecule has 82 valence electrons. The second-order valence-electron chi connectivity index (χ2n) is 4.55. The molecule has 0 aromatic heterocycles. The van der Waals surface area contributed by atoms with Crippen LogP contribution in [0.3, 0.4) is 0 Å². The predicted molar refractivity (Wildman–Crippen MR) is 54.5 cm³/mol. The van der Waals surface area contributed by atoms with Gasteiger partial charge in [0.15, 0.2) is 0 Å². The summed E-state index contributed by atoms with van der Waals surface area (Å²) in [6.07, 6.45) is 0. The molecule has 15 heavy (non-hydrogen) atoms. The summed E-state index contributed by atoms with van der Waals surface area (Å²) in [7, 11) is 1.56. The Kier molecular flexibility index (Phi) is 2.04. The SMILES string of the molecule is COc1ccc(C2C(C)(C)C2(F)F)cc1. The van der Waals surface area contributed by atoms with E-state index in [4.69, 9.17) is 4.74 Å². The highest BCUT2D eigenvalue weighted by Gasteiger charge is 2.75. The molecule has 1 nitrogen and oxygen atoms in total. The third kappa shape index (κ3) is 1.33.